The Morgan fingerprint density at radius 3 is 2.62 bits per heavy atom. The van der Waals surface area contributed by atoms with Crippen molar-refractivity contribution >= 4 is 21.6 Å². The summed E-state index contributed by atoms with van der Waals surface area (Å²) in [6.45, 7) is 0.895. The van der Waals surface area contributed by atoms with Gasteiger partial charge in [-0.05, 0) is 55.3 Å². The average molecular weight is 378 g/mol. The molecular weight excluding hydrogens is 359 g/mol. The fourth-order valence-electron chi connectivity index (χ4n) is 2.64. The van der Waals surface area contributed by atoms with E-state index in [-0.39, 0.29) is 23.1 Å². The Balaban J connectivity index is 1.63. The van der Waals surface area contributed by atoms with Crippen LogP contribution in [0.4, 0.5) is 10.1 Å². The largest absolute Gasteiger partial charge is 0.377 e. The molecule has 0 bridgehead atoms. The Labute approximate surface area is 151 Å². The minimum Gasteiger partial charge on any atom is -0.377 e. The number of rotatable bonds is 6. The third-order valence-electron chi connectivity index (χ3n) is 4.03. The molecule has 1 amide bonds. The molecule has 0 saturated carbocycles. The molecule has 0 spiro atoms. The Morgan fingerprint density at radius 1 is 1.19 bits per heavy atom. The number of halogens is 1. The van der Waals surface area contributed by atoms with Crippen LogP contribution in [0.25, 0.3) is 0 Å². The first-order valence-corrected chi connectivity index (χ1v) is 9.71. The van der Waals surface area contributed by atoms with Crippen LogP contribution in [-0.2, 0) is 14.8 Å². The average Bonchev–Trinajstić information content (AvgIpc) is 3.14. The van der Waals surface area contributed by atoms with Crippen LogP contribution in [0.5, 0.6) is 0 Å². The van der Waals surface area contributed by atoms with Gasteiger partial charge in [-0.25, -0.2) is 17.5 Å². The molecular formula is C18H19FN2O4S. The van der Waals surface area contributed by atoms with Gasteiger partial charge >= 0.3 is 0 Å². The molecule has 1 aliphatic rings. The summed E-state index contributed by atoms with van der Waals surface area (Å²) in [5.74, 6) is -0.979. The Morgan fingerprint density at radius 2 is 1.96 bits per heavy atom. The summed E-state index contributed by atoms with van der Waals surface area (Å²) in [4.78, 5) is 12.2. The summed E-state index contributed by atoms with van der Waals surface area (Å²) in [5, 5.41) is 2.60. The summed E-state index contributed by atoms with van der Waals surface area (Å²) in [6.07, 6.45) is 1.69. The molecule has 0 unspecified atom stereocenters. The van der Waals surface area contributed by atoms with Gasteiger partial charge in [-0.1, -0.05) is 6.07 Å². The smallest absolute Gasteiger partial charge is 0.255 e. The predicted octanol–water partition coefficient (Wildman–Crippen LogP) is 2.54. The van der Waals surface area contributed by atoms with Crippen LogP contribution < -0.4 is 10.0 Å². The highest BCUT2D eigenvalue weighted by Gasteiger charge is 2.20. The zero-order chi connectivity index (χ0) is 18.6. The number of hydrogen-bond donors (Lipinski definition) is 2. The van der Waals surface area contributed by atoms with Gasteiger partial charge in [0, 0.05) is 24.4 Å². The number of carbonyl (C=O) groups excluding carboxylic acids is 1. The van der Waals surface area contributed by atoms with Crippen LogP contribution in [0, 0.1) is 5.82 Å². The van der Waals surface area contributed by atoms with Crippen LogP contribution in [0.2, 0.25) is 0 Å². The van der Waals surface area contributed by atoms with E-state index in [0.29, 0.717) is 12.3 Å². The molecule has 1 saturated heterocycles. The van der Waals surface area contributed by atoms with Gasteiger partial charge in [-0.2, -0.15) is 0 Å². The van der Waals surface area contributed by atoms with Crippen LogP contribution in [0.15, 0.2) is 53.4 Å². The molecule has 1 atom stereocenters. The molecule has 6 nitrogen and oxygen atoms in total. The third-order valence-corrected chi connectivity index (χ3v) is 5.47. The maximum Gasteiger partial charge on any atom is 0.255 e. The molecule has 1 fully saturated rings. The van der Waals surface area contributed by atoms with E-state index in [1.165, 1.54) is 42.5 Å². The molecule has 0 aromatic heterocycles. The number of hydrogen-bond acceptors (Lipinski definition) is 4. The van der Waals surface area contributed by atoms with E-state index in [1.54, 1.807) is 0 Å². The normalized spacial score (nSPS) is 17.2. The van der Waals surface area contributed by atoms with Crippen LogP contribution in [0.3, 0.4) is 0 Å². The monoisotopic (exact) mass is 378 g/mol. The topological polar surface area (TPSA) is 84.5 Å². The number of sulfonamides is 1. The summed E-state index contributed by atoms with van der Waals surface area (Å²) >= 11 is 0. The van der Waals surface area contributed by atoms with Gasteiger partial charge in [-0.3, -0.25) is 4.79 Å². The molecule has 0 radical (unpaired) electrons. The van der Waals surface area contributed by atoms with Gasteiger partial charge < -0.3 is 10.1 Å². The lowest BCUT2D eigenvalue weighted by molar-refractivity contribution is 0.102. The molecule has 138 valence electrons. The van der Waals surface area contributed by atoms with Crippen LogP contribution >= 0.6 is 0 Å². The summed E-state index contributed by atoms with van der Waals surface area (Å²) in [6, 6.07) is 11.1. The highest BCUT2D eigenvalue weighted by Crippen LogP contribution is 2.16. The lowest BCUT2D eigenvalue weighted by Crippen LogP contribution is -2.31. The van der Waals surface area contributed by atoms with Crippen molar-refractivity contribution in [1.82, 2.24) is 4.72 Å². The predicted molar refractivity (Wildman–Crippen MR) is 95.0 cm³/mol. The second-order valence-corrected chi connectivity index (χ2v) is 7.74. The first-order valence-electron chi connectivity index (χ1n) is 8.22. The molecule has 2 N–H and O–H groups in total. The molecule has 1 aliphatic heterocycles. The second kappa shape index (κ2) is 7.94. The third kappa shape index (κ3) is 4.66. The van der Waals surface area contributed by atoms with Gasteiger partial charge in [0.2, 0.25) is 10.0 Å². The summed E-state index contributed by atoms with van der Waals surface area (Å²) in [7, 11) is -3.64. The molecule has 26 heavy (non-hydrogen) atoms. The van der Waals surface area contributed by atoms with E-state index in [2.05, 4.69) is 10.0 Å². The van der Waals surface area contributed by atoms with Crippen molar-refractivity contribution in [3.05, 3.63) is 59.9 Å². The Kier molecular flexibility index (Phi) is 5.65. The number of ether oxygens (including phenoxy) is 1. The second-order valence-electron chi connectivity index (χ2n) is 5.98. The SMILES string of the molecule is O=C(Nc1ccc(S(=O)(=O)NC[C@@H]2CCCO2)cc1)c1cccc(F)c1. The maximum atomic E-state index is 13.2. The van der Waals surface area contributed by atoms with Crippen molar-refractivity contribution in [2.75, 3.05) is 18.5 Å². The fourth-order valence-corrected chi connectivity index (χ4v) is 3.71. The lowest BCUT2D eigenvalue weighted by atomic mass is 10.2. The number of anilines is 1. The maximum absolute atomic E-state index is 13.2. The van der Waals surface area contributed by atoms with E-state index in [9.17, 15) is 17.6 Å². The Hall–Kier alpha value is -2.29. The zero-order valence-corrected chi connectivity index (χ0v) is 14.8. The van der Waals surface area contributed by atoms with Gasteiger partial charge in [0.1, 0.15) is 5.82 Å². The summed E-state index contributed by atoms with van der Waals surface area (Å²) in [5.41, 5.74) is 0.595. The Bertz CT molecular complexity index is 878. The van der Waals surface area contributed by atoms with Gasteiger partial charge in [0.05, 0.1) is 11.0 Å². The van der Waals surface area contributed by atoms with Crippen molar-refractivity contribution in [1.29, 1.82) is 0 Å². The number of nitrogens with one attached hydrogen (secondary N) is 2. The first-order chi connectivity index (χ1) is 12.4. The molecule has 1 heterocycles. The van der Waals surface area contributed by atoms with E-state index in [1.807, 2.05) is 0 Å². The minimum atomic E-state index is -3.64. The van der Waals surface area contributed by atoms with Crippen molar-refractivity contribution in [2.45, 2.75) is 23.8 Å². The molecule has 0 aliphatic carbocycles. The van der Waals surface area contributed by atoms with E-state index in [0.717, 1.165) is 18.9 Å². The number of benzene rings is 2. The molecule has 3 rings (SSSR count). The van der Waals surface area contributed by atoms with Crippen molar-refractivity contribution in [3.63, 3.8) is 0 Å². The van der Waals surface area contributed by atoms with E-state index in [4.69, 9.17) is 4.74 Å². The quantitative estimate of drug-likeness (QED) is 0.809. The van der Waals surface area contributed by atoms with Gasteiger partial charge in [-0.15, -0.1) is 0 Å². The fraction of sp³-hybridized carbons (Fsp3) is 0.278. The zero-order valence-electron chi connectivity index (χ0n) is 13.9. The molecule has 8 heteroatoms. The summed E-state index contributed by atoms with van der Waals surface area (Å²) < 4.78 is 45.7. The van der Waals surface area contributed by atoms with Gasteiger partial charge in [0.25, 0.3) is 5.91 Å². The van der Waals surface area contributed by atoms with Crippen LogP contribution in [-0.4, -0.2) is 33.6 Å². The lowest BCUT2D eigenvalue weighted by Gasteiger charge is -2.12. The molecule has 2 aromatic rings. The van der Waals surface area contributed by atoms with Gasteiger partial charge in [0.15, 0.2) is 0 Å². The first kappa shape index (κ1) is 18.5. The standard InChI is InChI=1S/C18H19FN2O4S/c19-14-4-1-3-13(11-14)18(22)21-15-6-8-17(9-7-15)26(23,24)20-12-16-5-2-10-25-16/h1,3-4,6-9,11,16,20H,2,5,10,12H2,(H,21,22)/t16-/m0/s1. The van der Waals surface area contributed by atoms with E-state index >= 15 is 0 Å². The number of amides is 1. The van der Waals surface area contributed by atoms with Crippen molar-refractivity contribution in [3.8, 4) is 0 Å². The van der Waals surface area contributed by atoms with Crippen molar-refractivity contribution < 1.29 is 22.3 Å². The minimum absolute atomic E-state index is 0.0883. The highest BCUT2D eigenvalue weighted by atomic mass is 32.2. The molecule has 2 aromatic carbocycles. The van der Waals surface area contributed by atoms with Crippen LogP contribution in [0.1, 0.15) is 23.2 Å². The van der Waals surface area contributed by atoms with E-state index < -0.39 is 21.7 Å². The van der Waals surface area contributed by atoms with Crippen molar-refractivity contribution in [2.24, 2.45) is 0 Å². The number of carbonyl (C=O) groups is 1. The highest BCUT2D eigenvalue weighted by molar-refractivity contribution is 7.89.